The summed E-state index contributed by atoms with van der Waals surface area (Å²) in [6, 6.07) is 13.9. The van der Waals surface area contributed by atoms with E-state index in [1.165, 1.54) is 37.9 Å². The van der Waals surface area contributed by atoms with Gasteiger partial charge in [0.1, 0.15) is 0 Å². The summed E-state index contributed by atoms with van der Waals surface area (Å²) in [5.41, 5.74) is 3.28. The number of amides is 1. The number of piperidine rings is 1. The van der Waals surface area contributed by atoms with E-state index in [1.807, 2.05) is 6.07 Å². The Balaban J connectivity index is 1.43. The molecule has 3 nitrogen and oxygen atoms in total. The number of halogens is 2. The van der Waals surface area contributed by atoms with Crippen molar-refractivity contribution in [1.82, 2.24) is 10.2 Å². The van der Waals surface area contributed by atoms with Crippen molar-refractivity contribution in [3.05, 3.63) is 69.2 Å². The molecule has 5 heteroatoms. The molecule has 0 saturated carbocycles. The van der Waals surface area contributed by atoms with Crippen LogP contribution in [0, 0.1) is 0 Å². The fraction of sp³-hybridized carbons (Fsp3) is 0.409. The van der Waals surface area contributed by atoms with E-state index >= 15 is 0 Å². The Morgan fingerprint density at radius 1 is 0.926 bits per heavy atom. The minimum absolute atomic E-state index is 0.00313. The van der Waals surface area contributed by atoms with Crippen LogP contribution in [0.25, 0.3) is 0 Å². The molecular formula is C22H26Cl2N2O. The van der Waals surface area contributed by atoms with Gasteiger partial charge in [-0.2, -0.15) is 0 Å². The van der Waals surface area contributed by atoms with Crippen molar-refractivity contribution in [2.45, 2.75) is 45.2 Å². The van der Waals surface area contributed by atoms with Crippen LogP contribution in [0.1, 0.15) is 42.4 Å². The monoisotopic (exact) mass is 404 g/mol. The van der Waals surface area contributed by atoms with E-state index in [-0.39, 0.29) is 5.91 Å². The first-order valence-corrected chi connectivity index (χ1v) is 10.4. The molecule has 1 N–H and O–H groups in total. The van der Waals surface area contributed by atoms with Crippen LogP contribution in [0.2, 0.25) is 10.0 Å². The van der Waals surface area contributed by atoms with Crippen molar-refractivity contribution in [1.29, 1.82) is 0 Å². The highest BCUT2D eigenvalue weighted by Gasteiger charge is 2.11. The summed E-state index contributed by atoms with van der Waals surface area (Å²) in [5, 5.41) is 4.19. The van der Waals surface area contributed by atoms with Gasteiger partial charge in [0.05, 0.1) is 0 Å². The molecule has 1 amide bonds. The van der Waals surface area contributed by atoms with Gasteiger partial charge in [-0.25, -0.2) is 0 Å². The SMILES string of the molecule is O=C(CCc1c(Cl)cccc1Cl)NCc1ccc(CN2CCCCC2)cc1. The molecule has 0 atom stereocenters. The number of nitrogens with zero attached hydrogens (tertiary/aromatic N) is 1. The first-order valence-electron chi connectivity index (χ1n) is 9.61. The average Bonchev–Trinajstić information content (AvgIpc) is 2.68. The van der Waals surface area contributed by atoms with Crippen LogP contribution in [-0.4, -0.2) is 23.9 Å². The maximum absolute atomic E-state index is 12.1. The van der Waals surface area contributed by atoms with Gasteiger partial charge in [0.25, 0.3) is 0 Å². The second kappa shape index (κ2) is 10.1. The largest absolute Gasteiger partial charge is 0.352 e. The number of carbonyl (C=O) groups is 1. The van der Waals surface area contributed by atoms with Crippen molar-refractivity contribution in [2.24, 2.45) is 0 Å². The maximum Gasteiger partial charge on any atom is 0.220 e. The van der Waals surface area contributed by atoms with Crippen molar-refractivity contribution < 1.29 is 4.79 Å². The van der Waals surface area contributed by atoms with Crippen LogP contribution >= 0.6 is 23.2 Å². The molecule has 3 rings (SSSR count). The predicted octanol–water partition coefficient (Wildman–Crippen LogP) is 5.23. The van der Waals surface area contributed by atoms with E-state index in [1.54, 1.807) is 12.1 Å². The third-order valence-electron chi connectivity index (χ3n) is 5.03. The molecule has 0 spiro atoms. The topological polar surface area (TPSA) is 32.3 Å². The molecule has 27 heavy (non-hydrogen) atoms. The summed E-state index contributed by atoms with van der Waals surface area (Å²) >= 11 is 12.3. The highest BCUT2D eigenvalue weighted by molar-refractivity contribution is 6.36. The molecule has 1 saturated heterocycles. The van der Waals surface area contributed by atoms with Crippen molar-refractivity contribution in [3.63, 3.8) is 0 Å². The fourth-order valence-corrected chi connectivity index (χ4v) is 4.02. The minimum Gasteiger partial charge on any atom is -0.352 e. The Morgan fingerprint density at radius 3 is 2.22 bits per heavy atom. The zero-order chi connectivity index (χ0) is 19.1. The number of benzene rings is 2. The van der Waals surface area contributed by atoms with Gasteiger partial charge in [-0.3, -0.25) is 9.69 Å². The lowest BCUT2D eigenvalue weighted by Gasteiger charge is -2.26. The summed E-state index contributed by atoms with van der Waals surface area (Å²) in [5.74, 6) is 0.00313. The summed E-state index contributed by atoms with van der Waals surface area (Å²) in [7, 11) is 0. The Hall–Kier alpha value is -1.55. The van der Waals surface area contributed by atoms with E-state index in [0.29, 0.717) is 29.4 Å². The number of rotatable bonds is 7. The summed E-state index contributed by atoms with van der Waals surface area (Å²) in [4.78, 5) is 14.7. The lowest BCUT2D eigenvalue weighted by atomic mass is 10.1. The van der Waals surface area contributed by atoms with E-state index in [2.05, 4.69) is 34.5 Å². The van der Waals surface area contributed by atoms with Crippen LogP contribution in [-0.2, 0) is 24.3 Å². The molecular weight excluding hydrogens is 379 g/mol. The number of nitrogens with one attached hydrogen (secondary N) is 1. The highest BCUT2D eigenvalue weighted by Crippen LogP contribution is 2.25. The zero-order valence-electron chi connectivity index (χ0n) is 15.5. The molecule has 1 aliphatic heterocycles. The molecule has 0 bridgehead atoms. The second-order valence-electron chi connectivity index (χ2n) is 7.13. The van der Waals surface area contributed by atoms with Crippen LogP contribution < -0.4 is 5.32 Å². The van der Waals surface area contributed by atoms with Crippen LogP contribution in [0.5, 0.6) is 0 Å². The van der Waals surface area contributed by atoms with Gasteiger partial charge < -0.3 is 5.32 Å². The smallest absolute Gasteiger partial charge is 0.220 e. The summed E-state index contributed by atoms with van der Waals surface area (Å²) in [6.45, 7) is 3.96. The van der Waals surface area contributed by atoms with E-state index in [9.17, 15) is 4.79 Å². The minimum atomic E-state index is 0.00313. The summed E-state index contributed by atoms with van der Waals surface area (Å²) < 4.78 is 0. The second-order valence-corrected chi connectivity index (χ2v) is 7.94. The van der Waals surface area contributed by atoms with Gasteiger partial charge in [0.15, 0.2) is 0 Å². The van der Waals surface area contributed by atoms with E-state index in [4.69, 9.17) is 23.2 Å². The van der Waals surface area contributed by atoms with Crippen molar-refractivity contribution in [2.75, 3.05) is 13.1 Å². The van der Waals surface area contributed by atoms with Gasteiger partial charge in [0, 0.05) is 29.6 Å². The lowest BCUT2D eigenvalue weighted by molar-refractivity contribution is -0.121. The quantitative estimate of drug-likeness (QED) is 0.684. The van der Waals surface area contributed by atoms with Crippen LogP contribution in [0.4, 0.5) is 0 Å². The maximum atomic E-state index is 12.1. The standard InChI is InChI=1S/C22H26Cl2N2O/c23-20-5-4-6-21(24)19(20)11-12-22(27)25-15-17-7-9-18(10-8-17)16-26-13-2-1-3-14-26/h4-10H,1-3,11-16H2,(H,25,27). The Morgan fingerprint density at radius 2 is 1.56 bits per heavy atom. The van der Waals surface area contributed by atoms with E-state index in [0.717, 1.165) is 17.7 Å². The van der Waals surface area contributed by atoms with Gasteiger partial charge in [-0.1, -0.05) is 60.0 Å². The number of likely N-dealkylation sites (tertiary alicyclic amines) is 1. The molecule has 0 aliphatic carbocycles. The Kier molecular flexibility index (Phi) is 7.57. The molecule has 144 valence electrons. The summed E-state index contributed by atoms with van der Waals surface area (Å²) in [6.07, 6.45) is 4.89. The molecule has 2 aromatic rings. The predicted molar refractivity (Wildman–Crippen MR) is 112 cm³/mol. The first kappa shape index (κ1) is 20.2. The van der Waals surface area contributed by atoms with Gasteiger partial charge in [-0.15, -0.1) is 0 Å². The number of carbonyl (C=O) groups excluding carboxylic acids is 1. The molecule has 0 aromatic heterocycles. The third-order valence-corrected chi connectivity index (χ3v) is 5.74. The molecule has 1 heterocycles. The molecule has 2 aromatic carbocycles. The van der Waals surface area contributed by atoms with Crippen molar-refractivity contribution >= 4 is 29.1 Å². The van der Waals surface area contributed by atoms with Crippen molar-refractivity contribution in [3.8, 4) is 0 Å². The van der Waals surface area contributed by atoms with Crippen LogP contribution in [0.15, 0.2) is 42.5 Å². The first-order chi connectivity index (χ1) is 13.1. The van der Waals surface area contributed by atoms with E-state index < -0.39 is 0 Å². The highest BCUT2D eigenvalue weighted by atomic mass is 35.5. The lowest BCUT2D eigenvalue weighted by Crippen LogP contribution is -2.29. The molecule has 1 aliphatic rings. The Labute approximate surface area is 171 Å². The van der Waals surface area contributed by atoms with Gasteiger partial charge in [0.2, 0.25) is 5.91 Å². The number of hydrogen-bond donors (Lipinski definition) is 1. The normalized spacial score (nSPS) is 14.9. The molecule has 0 radical (unpaired) electrons. The fourth-order valence-electron chi connectivity index (χ4n) is 3.44. The molecule has 1 fully saturated rings. The zero-order valence-corrected chi connectivity index (χ0v) is 17.0. The third kappa shape index (κ3) is 6.24. The van der Waals surface area contributed by atoms with Gasteiger partial charge >= 0.3 is 0 Å². The molecule has 0 unspecified atom stereocenters. The van der Waals surface area contributed by atoms with Gasteiger partial charge in [-0.05, 0) is 61.2 Å². The number of hydrogen-bond acceptors (Lipinski definition) is 2. The van der Waals surface area contributed by atoms with Crippen LogP contribution in [0.3, 0.4) is 0 Å². The Bertz CT molecular complexity index is 735. The average molecular weight is 405 g/mol.